The third-order valence-electron chi connectivity index (χ3n) is 2.19. The van der Waals surface area contributed by atoms with Crippen LogP contribution in [0.1, 0.15) is 23.2 Å². The first-order valence-corrected chi connectivity index (χ1v) is 5.36. The van der Waals surface area contributed by atoms with Gasteiger partial charge in [-0.15, -0.1) is 0 Å². The Balaban J connectivity index is 2.44. The molecule has 94 valence electrons. The molecular formula is C12H16FNO3. The second-order valence-corrected chi connectivity index (χ2v) is 3.58. The number of ether oxygens (including phenoxy) is 2. The van der Waals surface area contributed by atoms with Crippen molar-refractivity contribution in [1.82, 2.24) is 0 Å². The van der Waals surface area contributed by atoms with Crippen LogP contribution in [0.5, 0.6) is 0 Å². The summed E-state index contributed by atoms with van der Waals surface area (Å²) in [4.78, 5) is 11.5. The molecular weight excluding hydrogens is 225 g/mol. The first kappa shape index (κ1) is 13.4. The number of anilines is 1. The minimum Gasteiger partial charge on any atom is -0.462 e. The summed E-state index contributed by atoms with van der Waals surface area (Å²) in [6.45, 7) is 0.862. The SMILES string of the molecule is COCCCCOC(=O)c1cc(N)ccc1F. The molecule has 0 saturated carbocycles. The van der Waals surface area contributed by atoms with Crippen LogP contribution in [0.3, 0.4) is 0 Å². The van der Waals surface area contributed by atoms with Crippen LogP contribution in [0.2, 0.25) is 0 Å². The summed E-state index contributed by atoms with van der Waals surface area (Å²) in [5.74, 6) is -1.31. The predicted octanol–water partition coefficient (Wildman–Crippen LogP) is 1.99. The van der Waals surface area contributed by atoms with Gasteiger partial charge in [-0.05, 0) is 31.0 Å². The van der Waals surface area contributed by atoms with Crippen molar-refractivity contribution >= 4 is 11.7 Å². The summed E-state index contributed by atoms with van der Waals surface area (Å²) in [7, 11) is 1.61. The second kappa shape index (κ2) is 6.85. The highest BCUT2D eigenvalue weighted by Crippen LogP contribution is 2.13. The molecule has 1 rings (SSSR count). The maximum Gasteiger partial charge on any atom is 0.341 e. The van der Waals surface area contributed by atoms with Gasteiger partial charge in [-0.25, -0.2) is 9.18 Å². The van der Waals surface area contributed by atoms with E-state index in [1.165, 1.54) is 12.1 Å². The second-order valence-electron chi connectivity index (χ2n) is 3.58. The van der Waals surface area contributed by atoms with Crippen molar-refractivity contribution in [2.24, 2.45) is 0 Å². The average Bonchev–Trinajstić information content (AvgIpc) is 2.32. The molecule has 0 saturated heterocycles. The summed E-state index contributed by atoms with van der Waals surface area (Å²) in [5.41, 5.74) is 5.67. The third-order valence-corrected chi connectivity index (χ3v) is 2.19. The van der Waals surface area contributed by atoms with E-state index in [2.05, 4.69) is 0 Å². The highest BCUT2D eigenvalue weighted by atomic mass is 19.1. The van der Waals surface area contributed by atoms with Gasteiger partial charge in [0.2, 0.25) is 0 Å². The van der Waals surface area contributed by atoms with Crippen LogP contribution in [-0.2, 0) is 9.47 Å². The number of nitrogen functional groups attached to an aromatic ring is 1. The molecule has 0 aliphatic rings. The summed E-state index contributed by atoms with van der Waals surface area (Å²) in [6, 6.07) is 3.81. The van der Waals surface area contributed by atoms with Crippen molar-refractivity contribution in [2.45, 2.75) is 12.8 Å². The van der Waals surface area contributed by atoms with E-state index >= 15 is 0 Å². The molecule has 0 radical (unpaired) electrons. The molecule has 0 aliphatic carbocycles. The normalized spacial score (nSPS) is 10.2. The van der Waals surface area contributed by atoms with E-state index in [4.69, 9.17) is 15.2 Å². The van der Waals surface area contributed by atoms with Crippen molar-refractivity contribution in [1.29, 1.82) is 0 Å². The molecule has 0 heterocycles. The lowest BCUT2D eigenvalue weighted by Crippen LogP contribution is -2.09. The smallest absolute Gasteiger partial charge is 0.341 e. The molecule has 1 aromatic rings. The van der Waals surface area contributed by atoms with Crippen LogP contribution in [0, 0.1) is 5.82 Å². The van der Waals surface area contributed by atoms with Crippen molar-refractivity contribution in [2.75, 3.05) is 26.1 Å². The molecule has 0 bridgehead atoms. The van der Waals surface area contributed by atoms with Gasteiger partial charge in [-0.3, -0.25) is 0 Å². The number of benzene rings is 1. The predicted molar refractivity (Wildman–Crippen MR) is 62.2 cm³/mol. The average molecular weight is 241 g/mol. The Labute approximate surface area is 99.5 Å². The van der Waals surface area contributed by atoms with Crippen LogP contribution in [0.4, 0.5) is 10.1 Å². The number of methoxy groups -OCH3 is 1. The van der Waals surface area contributed by atoms with Crippen molar-refractivity contribution < 1.29 is 18.7 Å². The van der Waals surface area contributed by atoms with Gasteiger partial charge in [-0.2, -0.15) is 0 Å². The largest absolute Gasteiger partial charge is 0.462 e. The molecule has 0 aliphatic heterocycles. The number of halogens is 1. The molecule has 2 N–H and O–H groups in total. The molecule has 0 amide bonds. The Morgan fingerprint density at radius 1 is 1.35 bits per heavy atom. The fourth-order valence-corrected chi connectivity index (χ4v) is 1.29. The zero-order chi connectivity index (χ0) is 12.7. The molecule has 17 heavy (non-hydrogen) atoms. The molecule has 0 fully saturated rings. The first-order valence-electron chi connectivity index (χ1n) is 5.36. The maximum absolute atomic E-state index is 13.3. The van der Waals surface area contributed by atoms with Gasteiger partial charge in [0.1, 0.15) is 5.82 Å². The molecule has 4 nitrogen and oxygen atoms in total. The number of carbonyl (C=O) groups is 1. The number of nitrogens with two attached hydrogens (primary N) is 1. The summed E-state index contributed by atoms with van der Waals surface area (Å²) >= 11 is 0. The van der Waals surface area contributed by atoms with E-state index < -0.39 is 11.8 Å². The van der Waals surface area contributed by atoms with E-state index in [0.29, 0.717) is 18.7 Å². The lowest BCUT2D eigenvalue weighted by Gasteiger charge is -2.06. The van der Waals surface area contributed by atoms with E-state index in [9.17, 15) is 9.18 Å². The van der Waals surface area contributed by atoms with Gasteiger partial charge in [-0.1, -0.05) is 0 Å². The van der Waals surface area contributed by atoms with E-state index in [1.54, 1.807) is 7.11 Å². The highest BCUT2D eigenvalue weighted by molar-refractivity contribution is 5.90. The molecule has 0 spiro atoms. The van der Waals surface area contributed by atoms with E-state index in [1.807, 2.05) is 0 Å². The number of hydrogen-bond acceptors (Lipinski definition) is 4. The van der Waals surface area contributed by atoms with Gasteiger partial charge in [0.05, 0.1) is 12.2 Å². The Bertz CT molecular complexity index is 382. The summed E-state index contributed by atoms with van der Waals surface area (Å²) in [6.07, 6.45) is 1.48. The van der Waals surface area contributed by atoms with Gasteiger partial charge in [0.25, 0.3) is 0 Å². The van der Waals surface area contributed by atoms with Crippen molar-refractivity contribution in [3.63, 3.8) is 0 Å². The number of hydrogen-bond donors (Lipinski definition) is 1. The van der Waals surface area contributed by atoms with Crippen LogP contribution in [-0.4, -0.2) is 26.3 Å². The third kappa shape index (κ3) is 4.40. The van der Waals surface area contributed by atoms with Crippen molar-refractivity contribution in [3.05, 3.63) is 29.6 Å². The number of esters is 1. The molecule has 0 unspecified atom stereocenters. The van der Waals surface area contributed by atoms with Gasteiger partial charge >= 0.3 is 5.97 Å². The molecule has 1 aromatic carbocycles. The molecule has 0 aromatic heterocycles. The first-order chi connectivity index (χ1) is 8.15. The quantitative estimate of drug-likeness (QED) is 0.470. The summed E-state index contributed by atoms with van der Waals surface area (Å²) in [5, 5.41) is 0. The van der Waals surface area contributed by atoms with Crippen LogP contribution < -0.4 is 5.73 Å². The van der Waals surface area contributed by atoms with Crippen molar-refractivity contribution in [3.8, 4) is 0 Å². The minimum atomic E-state index is -0.688. The standard InChI is InChI=1S/C12H16FNO3/c1-16-6-2-3-7-17-12(15)10-8-9(14)4-5-11(10)13/h4-5,8H,2-3,6-7,14H2,1H3. The minimum absolute atomic E-state index is 0.128. The Morgan fingerprint density at radius 3 is 2.76 bits per heavy atom. The molecule has 0 atom stereocenters. The van der Waals surface area contributed by atoms with E-state index in [-0.39, 0.29) is 12.2 Å². The lowest BCUT2D eigenvalue weighted by molar-refractivity contribution is 0.0484. The monoisotopic (exact) mass is 241 g/mol. The Morgan fingerprint density at radius 2 is 2.06 bits per heavy atom. The maximum atomic E-state index is 13.3. The van der Waals surface area contributed by atoms with Gasteiger partial charge < -0.3 is 15.2 Å². The fraction of sp³-hybridized carbons (Fsp3) is 0.417. The van der Waals surface area contributed by atoms with E-state index in [0.717, 1.165) is 12.5 Å². The zero-order valence-electron chi connectivity index (χ0n) is 9.74. The molecule has 5 heteroatoms. The van der Waals surface area contributed by atoms with Gasteiger partial charge in [0.15, 0.2) is 0 Å². The van der Waals surface area contributed by atoms with Crippen LogP contribution in [0.15, 0.2) is 18.2 Å². The topological polar surface area (TPSA) is 61.5 Å². The number of unbranched alkanes of at least 4 members (excludes halogenated alkanes) is 1. The van der Waals surface area contributed by atoms with Gasteiger partial charge in [0, 0.05) is 19.4 Å². The highest BCUT2D eigenvalue weighted by Gasteiger charge is 2.13. The van der Waals surface area contributed by atoms with Crippen LogP contribution >= 0.6 is 0 Å². The number of rotatable bonds is 6. The lowest BCUT2D eigenvalue weighted by atomic mass is 10.2. The zero-order valence-corrected chi connectivity index (χ0v) is 9.74. The number of carbonyl (C=O) groups excluding carboxylic acids is 1. The Hall–Kier alpha value is -1.62. The fourth-order valence-electron chi connectivity index (χ4n) is 1.29. The Kier molecular flexibility index (Phi) is 5.42. The van der Waals surface area contributed by atoms with Crippen LogP contribution in [0.25, 0.3) is 0 Å². The summed E-state index contributed by atoms with van der Waals surface area (Å²) < 4.78 is 23.0.